The number of rotatable bonds is 5. The zero-order valence-electron chi connectivity index (χ0n) is 16.2. The van der Waals surface area contributed by atoms with E-state index in [1.54, 1.807) is 0 Å². The van der Waals surface area contributed by atoms with Crippen molar-refractivity contribution < 1.29 is 5.11 Å². The summed E-state index contributed by atoms with van der Waals surface area (Å²) in [5, 5.41) is 21.8. The van der Waals surface area contributed by atoms with Gasteiger partial charge in [-0.2, -0.15) is 5.26 Å². The average Bonchev–Trinajstić information content (AvgIpc) is 3.09. The Morgan fingerprint density at radius 2 is 1.68 bits per heavy atom. The number of hydrogen-bond donors (Lipinski definition) is 1. The first-order valence-corrected chi connectivity index (χ1v) is 9.81. The van der Waals surface area contributed by atoms with Gasteiger partial charge in [-0.15, -0.1) is 0 Å². The highest BCUT2D eigenvalue weighted by atomic mass is 16.3. The SMILES string of the molecule is CN1CCN(CC(O)C(c2ccccc2)n2cc(C#N)c3ccccc32)CC1. The Balaban J connectivity index is 1.72. The maximum Gasteiger partial charge on any atom is 0.101 e. The van der Waals surface area contributed by atoms with E-state index in [9.17, 15) is 10.4 Å². The minimum absolute atomic E-state index is 0.243. The zero-order valence-corrected chi connectivity index (χ0v) is 16.2. The van der Waals surface area contributed by atoms with Crippen molar-refractivity contribution in [3.8, 4) is 6.07 Å². The van der Waals surface area contributed by atoms with Gasteiger partial charge in [0.2, 0.25) is 0 Å². The lowest BCUT2D eigenvalue weighted by Crippen LogP contribution is -2.48. The number of aliphatic hydroxyl groups is 1. The number of para-hydroxylation sites is 1. The number of nitrogens with zero attached hydrogens (tertiary/aromatic N) is 4. The second kappa shape index (κ2) is 8.15. The van der Waals surface area contributed by atoms with E-state index < -0.39 is 6.10 Å². The van der Waals surface area contributed by atoms with Crippen LogP contribution in [0.2, 0.25) is 0 Å². The van der Waals surface area contributed by atoms with Gasteiger partial charge in [-0.3, -0.25) is 4.90 Å². The molecule has 0 aliphatic carbocycles. The summed E-state index contributed by atoms with van der Waals surface area (Å²) in [6.07, 6.45) is 1.31. The van der Waals surface area contributed by atoms with Gasteiger partial charge >= 0.3 is 0 Å². The average molecular weight is 374 g/mol. The molecular weight excluding hydrogens is 348 g/mol. The normalized spacial score (nSPS) is 18.0. The monoisotopic (exact) mass is 374 g/mol. The van der Waals surface area contributed by atoms with Crippen LogP contribution in [0.25, 0.3) is 10.9 Å². The van der Waals surface area contributed by atoms with Gasteiger partial charge in [0.05, 0.1) is 23.2 Å². The molecule has 28 heavy (non-hydrogen) atoms. The number of hydrogen-bond acceptors (Lipinski definition) is 4. The molecule has 144 valence electrons. The van der Waals surface area contributed by atoms with E-state index in [0.717, 1.165) is 42.6 Å². The molecule has 0 spiro atoms. The van der Waals surface area contributed by atoms with Crippen molar-refractivity contribution in [2.24, 2.45) is 0 Å². The summed E-state index contributed by atoms with van der Waals surface area (Å²) in [5.41, 5.74) is 2.67. The number of likely N-dealkylation sites (N-methyl/N-ethyl adjacent to an activating group) is 1. The summed E-state index contributed by atoms with van der Waals surface area (Å²) in [6.45, 7) is 4.58. The first kappa shape index (κ1) is 18.7. The lowest BCUT2D eigenvalue weighted by atomic mass is 10.00. The van der Waals surface area contributed by atoms with Gasteiger partial charge in [0, 0.05) is 44.3 Å². The molecule has 3 aromatic rings. The molecule has 5 heteroatoms. The largest absolute Gasteiger partial charge is 0.389 e. The lowest BCUT2D eigenvalue weighted by Gasteiger charge is -2.35. The molecule has 1 saturated heterocycles. The molecule has 1 aromatic heterocycles. The summed E-state index contributed by atoms with van der Waals surface area (Å²) < 4.78 is 2.07. The fraction of sp³-hybridized carbons (Fsp3) is 0.348. The molecule has 1 aliphatic rings. The van der Waals surface area contributed by atoms with Crippen LogP contribution in [0.15, 0.2) is 60.8 Å². The molecule has 5 nitrogen and oxygen atoms in total. The Bertz CT molecular complexity index is 967. The van der Waals surface area contributed by atoms with Gasteiger partial charge in [-0.1, -0.05) is 48.5 Å². The number of nitriles is 1. The molecule has 0 radical (unpaired) electrons. The second-order valence-corrected chi connectivity index (χ2v) is 7.61. The third kappa shape index (κ3) is 3.67. The van der Waals surface area contributed by atoms with Crippen molar-refractivity contribution >= 4 is 10.9 Å². The van der Waals surface area contributed by atoms with Crippen LogP contribution in [-0.4, -0.2) is 65.3 Å². The van der Waals surface area contributed by atoms with Crippen molar-refractivity contribution in [1.82, 2.24) is 14.4 Å². The molecule has 1 N–H and O–H groups in total. The van der Waals surface area contributed by atoms with E-state index in [1.807, 2.05) is 48.7 Å². The number of fused-ring (bicyclic) bond motifs is 1. The Hall–Kier alpha value is -2.65. The van der Waals surface area contributed by atoms with Gasteiger partial charge in [-0.05, 0) is 18.7 Å². The van der Waals surface area contributed by atoms with Crippen molar-refractivity contribution in [1.29, 1.82) is 5.26 Å². The van der Waals surface area contributed by atoms with Gasteiger partial charge in [0.15, 0.2) is 0 Å². The van der Waals surface area contributed by atoms with Crippen LogP contribution in [-0.2, 0) is 0 Å². The van der Waals surface area contributed by atoms with Crippen LogP contribution in [0.3, 0.4) is 0 Å². The third-order valence-electron chi connectivity index (χ3n) is 5.71. The fourth-order valence-electron chi connectivity index (χ4n) is 4.14. The third-order valence-corrected chi connectivity index (χ3v) is 5.71. The fourth-order valence-corrected chi connectivity index (χ4v) is 4.14. The number of aromatic nitrogens is 1. The van der Waals surface area contributed by atoms with E-state index in [1.165, 1.54) is 0 Å². The number of β-amino-alcohol motifs (C(OH)–C–C–N with tert-alkyl or cyclic N) is 1. The molecular formula is C23H26N4O. The molecule has 2 atom stereocenters. The quantitative estimate of drug-likeness (QED) is 0.746. The van der Waals surface area contributed by atoms with Crippen LogP contribution >= 0.6 is 0 Å². The van der Waals surface area contributed by atoms with E-state index in [0.29, 0.717) is 12.1 Å². The first-order chi connectivity index (χ1) is 13.7. The van der Waals surface area contributed by atoms with Crippen molar-refractivity contribution in [3.05, 3.63) is 71.9 Å². The topological polar surface area (TPSA) is 55.4 Å². The Morgan fingerprint density at radius 1 is 1.00 bits per heavy atom. The molecule has 0 bridgehead atoms. The Kier molecular flexibility index (Phi) is 5.45. The Morgan fingerprint density at radius 3 is 2.39 bits per heavy atom. The smallest absolute Gasteiger partial charge is 0.101 e. The minimum Gasteiger partial charge on any atom is -0.389 e. The highest BCUT2D eigenvalue weighted by Gasteiger charge is 2.28. The molecule has 2 heterocycles. The van der Waals surface area contributed by atoms with Crippen LogP contribution in [0.1, 0.15) is 17.2 Å². The molecule has 0 saturated carbocycles. The summed E-state index contributed by atoms with van der Waals surface area (Å²) in [7, 11) is 2.13. The maximum atomic E-state index is 11.3. The summed E-state index contributed by atoms with van der Waals surface area (Å²) in [5.74, 6) is 0. The molecule has 0 amide bonds. The highest BCUT2D eigenvalue weighted by molar-refractivity contribution is 5.86. The van der Waals surface area contributed by atoms with Crippen LogP contribution in [0.5, 0.6) is 0 Å². The van der Waals surface area contributed by atoms with E-state index in [-0.39, 0.29) is 6.04 Å². The van der Waals surface area contributed by atoms with Crippen LogP contribution in [0, 0.1) is 11.3 Å². The van der Waals surface area contributed by atoms with Crippen molar-refractivity contribution in [2.45, 2.75) is 12.1 Å². The minimum atomic E-state index is -0.576. The van der Waals surface area contributed by atoms with Crippen LogP contribution < -0.4 is 0 Å². The molecule has 1 fully saturated rings. The van der Waals surface area contributed by atoms with E-state index >= 15 is 0 Å². The summed E-state index contributed by atoms with van der Waals surface area (Å²) in [4.78, 5) is 4.65. The van der Waals surface area contributed by atoms with E-state index in [4.69, 9.17) is 0 Å². The first-order valence-electron chi connectivity index (χ1n) is 9.81. The Labute approximate surface area is 166 Å². The van der Waals surface area contributed by atoms with Gasteiger partial charge in [0.1, 0.15) is 6.07 Å². The zero-order chi connectivity index (χ0) is 19.5. The second-order valence-electron chi connectivity index (χ2n) is 7.61. The van der Waals surface area contributed by atoms with Gasteiger partial charge in [0.25, 0.3) is 0 Å². The standard InChI is InChI=1S/C23H26N4O/c1-25-11-13-26(14-12-25)17-22(28)23(18-7-3-2-4-8-18)27-16-19(15-24)20-9-5-6-10-21(20)27/h2-10,16,22-23,28H,11-14,17H2,1H3. The number of piperazine rings is 1. The van der Waals surface area contributed by atoms with Crippen LogP contribution in [0.4, 0.5) is 0 Å². The molecule has 1 aliphatic heterocycles. The van der Waals surface area contributed by atoms with Crippen molar-refractivity contribution in [2.75, 3.05) is 39.8 Å². The molecule has 2 aromatic carbocycles. The maximum absolute atomic E-state index is 11.3. The summed E-state index contributed by atoms with van der Waals surface area (Å²) >= 11 is 0. The predicted octanol–water partition coefficient (Wildman–Crippen LogP) is 2.71. The molecule has 2 unspecified atom stereocenters. The van der Waals surface area contributed by atoms with Gasteiger partial charge in [-0.25, -0.2) is 0 Å². The lowest BCUT2D eigenvalue weighted by molar-refractivity contribution is 0.0594. The van der Waals surface area contributed by atoms with Gasteiger partial charge < -0.3 is 14.6 Å². The number of aliphatic hydroxyl groups excluding tert-OH is 1. The summed E-state index contributed by atoms with van der Waals surface area (Å²) in [6, 6.07) is 20.1. The van der Waals surface area contributed by atoms with Crippen molar-refractivity contribution in [3.63, 3.8) is 0 Å². The predicted molar refractivity (Wildman–Crippen MR) is 111 cm³/mol. The highest BCUT2D eigenvalue weighted by Crippen LogP contribution is 2.30. The van der Waals surface area contributed by atoms with E-state index in [2.05, 4.69) is 39.6 Å². The number of benzene rings is 2. The molecule has 4 rings (SSSR count).